The Morgan fingerprint density at radius 1 is 1.00 bits per heavy atom. The molecule has 1 N–H and O–H groups in total. The number of halogens is 2. The van der Waals surface area contributed by atoms with Crippen LogP contribution in [0.2, 0.25) is 10.0 Å². The molecule has 10 heteroatoms. The topological polar surface area (TPSA) is 86.8 Å². The number of nitrogens with one attached hydrogen (secondary N) is 1. The molecule has 0 spiro atoms. The number of sulfonamides is 1. The second-order valence-corrected chi connectivity index (χ2v) is 10.8. The molecule has 2 aromatic carbocycles. The Balaban J connectivity index is 2.34. The van der Waals surface area contributed by atoms with Crippen molar-refractivity contribution in [1.82, 2.24) is 10.2 Å². The van der Waals surface area contributed by atoms with E-state index in [2.05, 4.69) is 5.32 Å². The highest BCUT2D eigenvalue weighted by molar-refractivity contribution is 7.92. The number of amides is 2. The van der Waals surface area contributed by atoms with Gasteiger partial charge in [-0.1, -0.05) is 53.5 Å². The van der Waals surface area contributed by atoms with Crippen molar-refractivity contribution in [2.75, 3.05) is 23.7 Å². The van der Waals surface area contributed by atoms with Crippen LogP contribution in [0.25, 0.3) is 0 Å². The minimum Gasteiger partial charge on any atom is -0.352 e. The Kier molecular flexibility index (Phi) is 9.57. The zero-order chi connectivity index (χ0) is 24.8. The number of carbonyl (C=O) groups is 2. The lowest BCUT2D eigenvalue weighted by Crippen LogP contribution is -2.53. The van der Waals surface area contributed by atoms with Gasteiger partial charge in [0.25, 0.3) is 0 Å². The van der Waals surface area contributed by atoms with Crippen LogP contribution in [-0.2, 0) is 26.0 Å². The van der Waals surface area contributed by atoms with E-state index in [9.17, 15) is 18.0 Å². The quantitative estimate of drug-likeness (QED) is 0.524. The Labute approximate surface area is 205 Å². The molecule has 0 aliphatic carbocycles. The van der Waals surface area contributed by atoms with E-state index in [-0.39, 0.29) is 34.2 Å². The zero-order valence-electron chi connectivity index (χ0n) is 19.1. The Bertz CT molecular complexity index is 1060. The van der Waals surface area contributed by atoms with Crippen LogP contribution in [0.5, 0.6) is 0 Å². The summed E-state index contributed by atoms with van der Waals surface area (Å²) >= 11 is 12.1. The highest BCUT2D eigenvalue weighted by Crippen LogP contribution is 2.27. The zero-order valence-corrected chi connectivity index (χ0v) is 21.4. The highest BCUT2D eigenvalue weighted by atomic mass is 35.5. The molecule has 0 saturated heterocycles. The van der Waals surface area contributed by atoms with Crippen LogP contribution >= 0.6 is 23.2 Å². The van der Waals surface area contributed by atoms with Crippen molar-refractivity contribution < 1.29 is 18.0 Å². The van der Waals surface area contributed by atoms with Gasteiger partial charge in [-0.15, -0.1) is 0 Å². The summed E-state index contributed by atoms with van der Waals surface area (Å²) in [6.07, 6.45) is 1.51. The van der Waals surface area contributed by atoms with Crippen LogP contribution < -0.4 is 9.62 Å². The molecule has 0 fully saturated rings. The van der Waals surface area contributed by atoms with E-state index in [4.69, 9.17) is 23.2 Å². The van der Waals surface area contributed by atoms with Gasteiger partial charge in [0.15, 0.2) is 0 Å². The molecule has 2 aromatic rings. The molecular formula is C23H29Cl2N3O4S. The Morgan fingerprint density at radius 2 is 1.58 bits per heavy atom. The van der Waals surface area contributed by atoms with Gasteiger partial charge in [0, 0.05) is 22.6 Å². The molecule has 0 radical (unpaired) electrons. The van der Waals surface area contributed by atoms with E-state index in [1.807, 2.05) is 44.2 Å². The second kappa shape index (κ2) is 11.7. The van der Waals surface area contributed by atoms with Crippen molar-refractivity contribution in [2.24, 2.45) is 0 Å². The predicted octanol–water partition coefficient (Wildman–Crippen LogP) is 3.74. The van der Waals surface area contributed by atoms with Gasteiger partial charge in [0.1, 0.15) is 12.6 Å². The second-order valence-electron chi connectivity index (χ2n) is 8.06. The monoisotopic (exact) mass is 513 g/mol. The third-order valence-electron chi connectivity index (χ3n) is 4.90. The van der Waals surface area contributed by atoms with Gasteiger partial charge in [-0.2, -0.15) is 0 Å². The lowest BCUT2D eigenvalue weighted by Gasteiger charge is -2.32. The van der Waals surface area contributed by atoms with Crippen LogP contribution in [0, 0.1) is 0 Å². The third-order valence-corrected chi connectivity index (χ3v) is 6.47. The van der Waals surface area contributed by atoms with Crippen molar-refractivity contribution in [3.63, 3.8) is 0 Å². The molecule has 2 amide bonds. The predicted molar refractivity (Wildman–Crippen MR) is 133 cm³/mol. The van der Waals surface area contributed by atoms with E-state index < -0.39 is 28.5 Å². The fraction of sp³-hybridized carbons (Fsp3) is 0.391. The molecule has 33 heavy (non-hydrogen) atoms. The SMILES string of the molecule is CC(C)NC(=O)[C@H](C)N(CCc1ccccc1)C(=O)CN(c1cc(Cl)cc(Cl)c1)S(C)(=O)=O. The van der Waals surface area contributed by atoms with Crippen molar-refractivity contribution in [2.45, 2.75) is 39.3 Å². The number of hydrogen-bond donors (Lipinski definition) is 1. The number of nitrogens with zero attached hydrogens (tertiary/aromatic N) is 2. The first-order chi connectivity index (χ1) is 15.4. The van der Waals surface area contributed by atoms with E-state index in [1.165, 1.54) is 23.1 Å². The number of hydrogen-bond acceptors (Lipinski definition) is 4. The van der Waals surface area contributed by atoms with E-state index in [1.54, 1.807) is 6.92 Å². The molecule has 0 unspecified atom stereocenters. The first kappa shape index (κ1) is 27.0. The first-order valence-electron chi connectivity index (χ1n) is 10.5. The summed E-state index contributed by atoms with van der Waals surface area (Å²) in [5.74, 6) is -0.832. The Hall–Kier alpha value is -2.29. The molecule has 0 heterocycles. The molecule has 180 valence electrons. The van der Waals surface area contributed by atoms with Gasteiger partial charge in [-0.25, -0.2) is 8.42 Å². The number of carbonyl (C=O) groups excluding carboxylic acids is 2. The van der Waals surface area contributed by atoms with Crippen molar-refractivity contribution in [3.8, 4) is 0 Å². The minimum absolute atomic E-state index is 0.104. The fourth-order valence-electron chi connectivity index (χ4n) is 3.27. The summed E-state index contributed by atoms with van der Waals surface area (Å²) in [7, 11) is -3.84. The maximum Gasteiger partial charge on any atom is 0.244 e. The fourth-order valence-corrected chi connectivity index (χ4v) is 4.62. The van der Waals surface area contributed by atoms with Crippen molar-refractivity contribution in [3.05, 3.63) is 64.1 Å². The molecule has 0 aliphatic rings. The molecular weight excluding hydrogens is 485 g/mol. The van der Waals surface area contributed by atoms with E-state index in [0.717, 1.165) is 16.1 Å². The molecule has 1 atom stereocenters. The summed E-state index contributed by atoms with van der Waals surface area (Å²) in [5.41, 5.74) is 1.17. The van der Waals surface area contributed by atoms with Crippen LogP contribution in [-0.4, -0.2) is 56.6 Å². The van der Waals surface area contributed by atoms with Crippen molar-refractivity contribution >= 4 is 50.7 Å². The summed E-state index contributed by atoms with van der Waals surface area (Å²) < 4.78 is 26.0. The largest absolute Gasteiger partial charge is 0.352 e. The van der Waals surface area contributed by atoms with Crippen LogP contribution in [0.3, 0.4) is 0 Å². The summed E-state index contributed by atoms with van der Waals surface area (Å²) in [5, 5.41) is 3.29. The lowest BCUT2D eigenvalue weighted by atomic mass is 10.1. The molecule has 0 aliphatic heterocycles. The molecule has 2 rings (SSSR count). The van der Waals surface area contributed by atoms with Gasteiger partial charge >= 0.3 is 0 Å². The lowest BCUT2D eigenvalue weighted by molar-refractivity contribution is -0.139. The summed E-state index contributed by atoms with van der Waals surface area (Å²) in [4.78, 5) is 27.4. The van der Waals surface area contributed by atoms with Gasteiger partial charge in [0.2, 0.25) is 21.8 Å². The number of rotatable bonds is 10. The molecule has 7 nitrogen and oxygen atoms in total. The molecule has 0 aromatic heterocycles. The van der Waals surface area contributed by atoms with Crippen molar-refractivity contribution in [1.29, 1.82) is 0 Å². The number of anilines is 1. The summed E-state index contributed by atoms with van der Waals surface area (Å²) in [6, 6.07) is 13.0. The molecule has 0 bridgehead atoms. The van der Waals surface area contributed by atoms with E-state index in [0.29, 0.717) is 6.42 Å². The minimum atomic E-state index is -3.84. The first-order valence-corrected chi connectivity index (χ1v) is 13.1. The van der Waals surface area contributed by atoms with Gasteiger partial charge in [-0.3, -0.25) is 13.9 Å². The third kappa shape index (κ3) is 8.21. The summed E-state index contributed by atoms with van der Waals surface area (Å²) in [6.45, 7) is 5.03. The van der Waals surface area contributed by atoms with Gasteiger partial charge < -0.3 is 10.2 Å². The van der Waals surface area contributed by atoms with Crippen LogP contribution in [0.15, 0.2) is 48.5 Å². The van der Waals surface area contributed by atoms with Crippen LogP contribution in [0.4, 0.5) is 5.69 Å². The highest BCUT2D eigenvalue weighted by Gasteiger charge is 2.30. The number of benzene rings is 2. The maximum atomic E-state index is 13.4. The molecule has 0 saturated carbocycles. The average molecular weight is 514 g/mol. The van der Waals surface area contributed by atoms with Gasteiger partial charge in [0.05, 0.1) is 11.9 Å². The normalized spacial score (nSPS) is 12.3. The average Bonchev–Trinajstić information content (AvgIpc) is 2.70. The van der Waals surface area contributed by atoms with Crippen LogP contribution in [0.1, 0.15) is 26.3 Å². The smallest absolute Gasteiger partial charge is 0.244 e. The Morgan fingerprint density at radius 3 is 2.09 bits per heavy atom. The standard InChI is InChI=1S/C23H29Cl2N3O4S/c1-16(2)26-23(30)17(3)27(11-10-18-8-6-5-7-9-18)22(29)15-28(33(4,31)32)21-13-19(24)12-20(25)14-21/h5-9,12-14,16-17H,10-11,15H2,1-4H3,(H,26,30)/t17-/m0/s1. The van der Waals surface area contributed by atoms with E-state index >= 15 is 0 Å². The maximum absolute atomic E-state index is 13.4. The van der Waals surface area contributed by atoms with Gasteiger partial charge in [-0.05, 0) is 51.0 Å².